The van der Waals surface area contributed by atoms with Crippen molar-refractivity contribution in [3.8, 4) is 11.5 Å². The molecule has 12 nitrogen and oxygen atoms in total. The van der Waals surface area contributed by atoms with Crippen molar-refractivity contribution in [1.82, 2.24) is 0 Å². The van der Waals surface area contributed by atoms with Gasteiger partial charge in [0, 0.05) is 37.3 Å². The zero-order chi connectivity index (χ0) is 34.1. The van der Waals surface area contributed by atoms with Crippen LogP contribution in [-0.4, -0.2) is 71.9 Å². The van der Waals surface area contributed by atoms with Gasteiger partial charge in [0.05, 0.1) is 28.5 Å². The summed E-state index contributed by atoms with van der Waals surface area (Å²) in [4.78, 5) is 38.2. The number of hydrogen-bond donors (Lipinski definition) is 6. The van der Waals surface area contributed by atoms with Crippen LogP contribution in [0.15, 0.2) is 64.6 Å². The van der Waals surface area contributed by atoms with Gasteiger partial charge >= 0.3 is 6.09 Å². The first-order chi connectivity index (χ1) is 21.8. The van der Waals surface area contributed by atoms with Crippen molar-refractivity contribution < 1.29 is 43.9 Å². The second kappa shape index (κ2) is 16.2. The van der Waals surface area contributed by atoms with Crippen molar-refractivity contribution >= 4 is 46.7 Å². The van der Waals surface area contributed by atoms with Gasteiger partial charge in [-0.1, -0.05) is 42.9 Å². The number of primary amides is 1. The van der Waals surface area contributed by atoms with Gasteiger partial charge < -0.3 is 45.9 Å². The number of aliphatic hydroxyl groups is 1. The minimum Gasteiger partial charge on any atom is -0.506 e. The third-order valence-electron chi connectivity index (χ3n) is 7.48. The zero-order valence-corrected chi connectivity index (χ0v) is 27.4. The molecule has 1 aliphatic rings. The first-order valence-electron chi connectivity index (χ1n) is 14.4. The maximum atomic E-state index is 13.1. The molecule has 0 saturated carbocycles. The van der Waals surface area contributed by atoms with Gasteiger partial charge in [0.15, 0.2) is 6.10 Å². The van der Waals surface area contributed by atoms with Crippen LogP contribution in [0.25, 0.3) is 6.08 Å². The van der Waals surface area contributed by atoms with E-state index in [9.17, 15) is 29.7 Å². The van der Waals surface area contributed by atoms with E-state index in [2.05, 4.69) is 10.6 Å². The van der Waals surface area contributed by atoms with Crippen molar-refractivity contribution in [2.45, 2.75) is 58.5 Å². The van der Waals surface area contributed by atoms with Gasteiger partial charge in [0.1, 0.15) is 17.6 Å². The van der Waals surface area contributed by atoms with Gasteiger partial charge in [0.2, 0.25) is 0 Å². The smallest absolute Gasteiger partial charge is 0.405 e. The Bertz CT molecular complexity index is 1550. The van der Waals surface area contributed by atoms with Crippen molar-refractivity contribution in [2.75, 3.05) is 24.9 Å². The molecule has 5 atom stereocenters. The van der Waals surface area contributed by atoms with Crippen molar-refractivity contribution in [2.24, 2.45) is 11.7 Å². The number of anilines is 2. The minimum absolute atomic E-state index is 0.0414. The number of amides is 3. The molecule has 46 heavy (non-hydrogen) atoms. The Morgan fingerprint density at radius 2 is 1.87 bits per heavy atom. The first kappa shape index (κ1) is 36.0. The molecule has 3 amide bonds. The molecule has 0 unspecified atom stereocenters. The summed E-state index contributed by atoms with van der Waals surface area (Å²) in [6.45, 7) is 6.76. The average molecular weight is 656 g/mol. The number of thiophene rings is 1. The second-order valence-electron chi connectivity index (χ2n) is 11.0. The molecule has 0 saturated heterocycles. The maximum Gasteiger partial charge on any atom is 0.405 e. The zero-order valence-electron chi connectivity index (χ0n) is 26.6. The van der Waals surface area contributed by atoms with E-state index in [0.717, 1.165) is 6.07 Å². The molecule has 7 N–H and O–H groups in total. The number of nitrogens with two attached hydrogens (primary N) is 1. The van der Waals surface area contributed by atoms with Gasteiger partial charge in [0.25, 0.3) is 11.8 Å². The van der Waals surface area contributed by atoms with E-state index in [1.807, 2.05) is 0 Å². The number of phenolic OH excluding ortho intramolecular Hbond substituents is 2. The van der Waals surface area contributed by atoms with Crippen LogP contribution in [-0.2, 0) is 19.0 Å². The lowest BCUT2D eigenvalue weighted by Gasteiger charge is -2.28. The number of carbonyl (C=O) groups is 3. The highest BCUT2D eigenvalue weighted by Crippen LogP contribution is 2.42. The van der Waals surface area contributed by atoms with E-state index in [4.69, 9.17) is 19.9 Å². The van der Waals surface area contributed by atoms with Crippen LogP contribution in [0.2, 0.25) is 0 Å². The third-order valence-corrected chi connectivity index (χ3v) is 8.35. The molecular formula is C33H41N3O9S. The van der Waals surface area contributed by atoms with E-state index in [1.54, 1.807) is 62.6 Å². The molecule has 0 radical (unpaired) electrons. The Kier molecular flexibility index (Phi) is 12.7. The van der Waals surface area contributed by atoms with Crippen LogP contribution in [0, 0.1) is 5.92 Å². The number of allylic oxidation sites excluding steroid dienone is 2. The van der Waals surface area contributed by atoms with E-state index in [1.165, 1.54) is 38.6 Å². The van der Waals surface area contributed by atoms with Gasteiger partial charge in [-0.2, -0.15) is 0 Å². The predicted octanol–water partition coefficient (Wildman–Crippen LogP) is 5.10. The second-order valence-corrected chi connectivity index (χ2v) is 11.9. The Morgan fingerprint density at radius 1 is 1.15 bits per heavy atom. The third kappa shape index (κ3) is 9.07. The molecule has 2 heterocycles. The van der Waals surface area contributed by atoms with Crippen LogP contribution < -0.4 is 16.4 Å². The standard InChI is InChI=1S/C33H41N3O9S/c1-17-13-21-27(36-32(41)26-11-8-12-46-26)23(37)16-22(29(21)39)35-31(40)18(2)9-7-10-24(43-5)30(45-33(34)42)20(4)15-19(3)28(38)25(14-17)44-6/h7-13,15-16,19,24-25,28,30,37-39H,14H2,1-6H3,(H2,34,42)(H,35,40)(H,36,41)/t19-,24-,25-,28+,30-/m0/s1. The first-order valence-corrected chi connectivity index (χ1v) is 15.3. The quantitative estimate of drug-likeness (QED) is 0.145. The molecule has 248 valence electrons. The summed E-state index contributed by atoms with van der Waals surface area (Å²) in [7, 11) is 2.87. The van der Waals surface area contributed by atoms with E-state index < -0.39 is 59.7 Å². The van der Waals surface area contributed by atoms with Gasteiger partial charge in [-0.05, 0) is 50.3 Å². The summed E-state index contributed by atoms with van der Waals surface area (Å²) in [6, 6.07) is 4.47. The van der Waals surface area contributed by atoms with Crippen LogP contribution in [0.1, 0.15) is 49.4 Å². The maximum absolute atomic E-state index is 13.1. The van der Waals surface area contributed by atoms with Crippen LogP contribution in [0.5, 0.6) is 11.5 Å². The van der Waals surface area contributed by atoms with Crippen LogP contribution in [0.3, 0.4) is 0 Å². The molecule has 3 rings (SSSR count). The summed E-state index contributed by atoms with van der Waals surface area (Å²) in [5.41, 5.74) is 6.61. The summed E-state index contributed by atoms with van der Waals surface area (Å²) in [5, 5.41) is 40.7. The Morgan fingerprint density at radius 3 is 2.48 bits per heavy atom. The largest absolute Gasteiger partial charge is 0.506 e. The van der Waals surface area contributed by atoms with Crippen molar-refractivity contribution in [3.05, 3.63) is 75.0 Å². The fraction of sp³-hybridized carbons (Fsp3) is 0.364. The fourth-order valence-electron chi connectivity index (χ4n) is 4.99. The highest BCUT2D eigenvalue weighted by molar-refractivity contribution is 7.12. The lowest BCUT2D eigenvalue weighted by Crippen LogP contribution is -2.36. The van der Waals surface area contributed by atoms with E-state index in [0.29, 0.717) is 16.0 Å². The summed E-state index contributed by atoms with van der Waals surface area (Å²) in [6.07, 6.45) is 3.53. The number of carbonyl (C=O) groups excluding carboxylic acids is 3. The Balaban J connectivity index is 2.18. The lowest BCUT2D eigenvalue weighted by molar-refractivity contribution is -0.112. The number of phenols is 2. The van der Waals surface area contributed by atoms with Gasteiger partial charge in [-0.15, -0.1) is 11.3 Å². The molecular weight excluding hydrogens is 614 g/mol. The number of hydrogen-bond acceptors (Lipinski definition) is 10. The lowest BCUT2D eigenvalue weighted by atomic mass is 9.91. The van der Waals surface area contributed by atoms with Gasteiger partial charge in [-0.3, -0.25) is 9.59 Å². The Hall–Kier alpha value is -4.43. The molecule has 0 spiro atoms. The number of methoxy groups -OCH3 is 2. The molecule has 2 aromatic rings. The number of aromatic hydroxyl groups is 2. The summed E-state index contributed by atoms with van der Waals surface area (Å²) >= 11 is 1.20. The topological polar surface area (TPSA) is 190 Å². The van der Waals surface area contributed by atoms with E-state index >= 15 is 0 Å². The average Bonchev–Trinajstić information content (AvgIpc) is 3.55. The molecule has 0 fully saturated rings. The number of benzene rings is 1. The van der Waals surface area contributed by atoms with Crippen molar-refractivity contribution in [3.63, 3.8) is 0 Å². The van der Waals surface area contributed by atoms with Crippen LogP contribution >= 0.6 is 11.3 Å². The molecule has 2 bridgehead atoms. The molecule has 1 aromatic carbocycles. The predicted molar refractivity (Wildman–Crippen MR) is 177 cm³/mol. The number of nitrogens with one attached hydrogen (secondary N) is 2. The molecule has 0 aliphatic carbocycles. The van der Waals surface area contributed by atoms with Crippen molar-refractivity contribution in [1.29, 1.82) is 0 Å². The number of rotatable bonds is 5. The SMILES string of the molecule is CO[C@H]1C=CC=C(C)C(=O)Nc2cc(O)c(NC(=O)c3cccs3)c(c2O)C=C(C)C[C@H](OC)[C@H](O)[C@@H](C)C=C(C)[C@@H]1OC(N)=O. The normalized spacial score (nSPS) is 23.1. The highest BCUT2D eigenvalue weighted by Gasteiger charge is 2.29. The number of fused-ring (bicyclic) bond motifs is 2. The van der Waals surface area contributed by atoms with Crippen LogP contribution in [0.4, 0.5) is 16.2 Å². The Labute approximate surface area is 271 Å². The molecule has 1 aliphatic heterocycles. The molecule has 1 aromatic heterocycles. The highest BCUT2D eigenvalue weighted by atomic mass is 32.1. The van der Waals surface area contributed by atoms with E-state index in [-0.39, 0.29) is 28.9 Å². The number of aliphatic hydroxyl groups excluding tert-OH is 1. The summed E-state index contributed by atoms with van der Waals surface area (Å²) < 4.78 is 16.6. The summed E-state index contributed by atoms with van der Waals surface area (Å²) in [5.74, 6) is -2.39. The minimum atomic E-state index is -1.03. The number of ether oxygens (including phenoxy) is 3. The monoisotopic (exact) mass is 655 g/mol. The van der Waals surface area contributed by atoms with Gasteiger partial charge in [-0.25, -0.2) is 4.79 Å². The fourth-order valence-corrected chi connectivity index (χ4v) is 5.61. The molecule has 13 heteroatoms.